The molecule has 0 aliphatic carbocycles. The number of nitrogen functional groups attached to an aromatic ring is 1. The van der Waals surface area contributed by atoms with E-state index in [2.05, 4.69) is 4.37 Å². The lowest BCUT2D eigenvalue weighted by atomic mass is 10.4. The fourth-order valence-electron chi connectivity index (χ4n) is 1.93. The van der Waals surface area contributed by atoms with Crippen molar-refractivity contribution in [1.82, 2.24) is 4.37 Å². The Morgan fingerprint density at radius 2 is 2.14 bits per heavy atom. The molecule has 0 amide bonds. The van der Waals surface area contributed by atoms with Gasteiger partial charge in [-0.25, -0.2) is 8.42 Å². The first kappa shape index (κ1) is 16.5. The van der Waals surface area contributed by atoms with Crippen LogP contribution in [0.2, 0.25) is 4.34 Å². The van der Waals surface area contributed by atoms with Crippen LogP contribution in [0.4, 0.5) is 10.8 Å². The second kappa shape index (κ2) is 6.51. The van der Waals surface area contributed by atoms with Gasteiger partial charge in [0.2, 0.25) is 0 Å². The summed E-state index contributed by atoms with van der Waals surface area (Å²) in [5.41, 5.74) is 5.77. The van der Waals surface area contributed by atoms with Crippen molar-refractivity contribution in [2.75, 3.05) is 23.4 Å². The first-order valence-corrected chi connectivity index (χ1v) is 9.90. The van der Waals surface area contributed by atoms with Gasteiger partial charge in [-0.2, -0.15) is 4.37 Å². The quantitative estimate of drug-likeness (QED) is 0.850. The smallest absolute Gasteiger partial charge is 0.185 e. The van der Waals surface area contributed by atoms with Crippen molar-refractivity contribution in [3.63, 3.8) is 0 Å². The Labute approximate surface area is 137 Å². The van der Waals surface area contributed by atoms with E-state index in [0.29, 0.717) is 22.3 Å². The summed E-state index contributed by atoms with van der Waals surface area (Å²) in [5.74, 6) is 0.154. The highest BCUT2D eigenvalue weighted by atomic mass is 35.5. The monoisotopic (exact) mass is 365 g/mol. The fourth-order valence-corrected chi connectivity index (χ4v) is 5.82. The highest BCUT2D eigenvalue weighted by Crippen LogP contribution is 2.36. The van der Waals surface area contributed by atoms with Crippen molar-refractivity contribution in [3.8, 4) is 0 Å². The predicted octanol–water partition coefficient (Wildman–Crippen LogP) is 3.26. The van der Waals surface area contributed by atoms with Crippen LogP contribution < -0.4 is 10.6 Å². The van der Waals surface area contributed by atoms with Gasteiger partial charge in [0.05, 0.1) is 16.6 Å². The fraction of sp³-hybridized carbons (Fsp3) is 0.417. The first-order valence-electron chi connectivity index (χ1n) is 6.28. The molecule has 0 fully saturated rings. The minimum Gasteiger partial charge on any atom is -0.382 e. The number of aromatic nitrogens is 1. The maximum Gasteiger partial charge on any atom is 0.185 e. The molecule has 21 heavy (non-hydrogen) atoms. The molecule has 116 valence electrons. The Bertz CT molecular complexity index is 724. The second-order valence-electron chi connectivity index (χ2n) is 4.58. The number of hydrogen-bond acceptors (Lipinski definition) is 7. The molecule has 2 rings (SSSR count). The number of rotatable bonds is 6. The van der Waals surface area contributed by atoms with Crippen LogP contribution in [-0.4, -0.2) is 25.6 Å². The van der Waals surface area contributed by atoms with Crippen LogP contribution in [0.25, 0.3) is 0 Å². The Balaban J connectivity index is 2.32. The summed E-state index contributed by atoms with van der Waals surface area (Å²) in [6.45, 7) is 2.39. The lowest BCUT2D eigenvalue weighted by Crippen LogP contribution is -2.18. The van der Waals surface area contributed by atoms with Gasteiger partial charge in [0, 0.05) is 11.9 Å². The Hall–Kier alpha value is -0.830. The van der Waals surface area contributed by atoms with Gasteiger partial charge >= 0.3 is 0 Å². The summed E-state index contributed by atoms with van der Waals surface area (Å²) in [7, 11) is -1.58. The Morgan fingerprint density at radius 1 is 1.43 bits per heavy atom. The summed E-state index contributed by atoms with van der Waals surface area (Å²) >= 11 is 8.49. The van der Waals surface area contributed by atoms with Crippen molar-refractivity contribution < 1.29 is 8.42 Å². The average Bonchev–Trinajstić information content (AvgIpc) is 2.96. The van der Waals surface area contributed by atoms with E-state index in [9.17, 15) is 8.42 Å². The summed E-state index contributed by atoms with van der Waals surface area (Å²) in [6.07, 6.45) is 0.543. The number of thiophene rings is 1. The Kier molecular flexibility index (Phi) is 5.13. The van der Waals surface area contributed by atoms with E-state index in [-0.39, 0.29) is 16.5 Å². The van der Waals surface area contributed by atoms with Crippen molar-refractivity contribution >= 4 is 55.1 Å². The van der Waals surface area contributed by atoms with E-state index in [0.717, 1.165) is 16.4 Å². The lowest BCUT2D eigenvalue weighted by molar-refractivity contribution is 0.595. The van der Waals surface area contributed by atoms with E-state index in [1.54, 1.807) is 0 Å². The van der Waals surface area contributed by atoms with Crippen molar-refractivity contribution in [2.45, 2.75) is 24.8 Å². The van der Waals surface area contributed by atoms with E-state index in [4.69, 9.17) is 17.3 Å². The molecule has 0 saturated carbocycles. The van der Waals surface area contributed by atoms with Gasteiger partial charge in [-0.15, -0.1) is 11.3 Å². The normalized spacial score (nSPS) is 11.8. The molecule has 0 aromatic carbocycles. The summed E-state index contributed by atoms with van der Waals surface area (Å²) in [6, 6.07) is 3.75. The van der Waals surface area contributed by atoms with Gasteiger partial charge in [-0.05, 0) is 30.1 Å². The average molecular weight is 366 g/mol. The van der Waals surface area contributed by atoms with Crippen molar-refractivity contribution in [2.24, 2.45) is 0 Å². The number of halogens is 1. The molecular weight excluding hydrogens is 350 g/mol. The Morgan fingerprint density at radius 3 is 2.71 bits per heavy atom. The topological polar surface area (TPSA) is 76.3 Å². The third-order valence-corrected chi connectivity index (χ3v) is 7.10. The molecule has 9 heteroatoms. The first-order chi connectivity index (χ1) is 9.85. The number of nitrogens with zero attached hydrogens (tertiary/aromatic N) is 2. The van der Waals surface area contributed by atoms with Crippen molar-refractivity contribution in [1.29, 1.82) is 0 Å². The molecule has 0 aliphatic rings. The molecule has 0 spiro atoms. The van der Waals surface area contributed by atoms with Crippen LogP contribution in [0, 0.1) is 0 Å². The van der Waals surface area contributed by atoms with E-state index < -0.39 is 9.84 Å². The third kappa shape index (κ3) is 3.68. The lowest BCUT2D eigenvalue weighted by Gasteiger charge is -2.17. The minimum absolute atomic E-state index is 0.0707. The molecular formula is C12H16ClN3O2S3. The molecule has 2 aromatic heterocycles. The number of nitrogens with two attached hydrogens (primary N) is 1. The molecule has 0 radical (unpaired) electrons. The molecule has 0 bridgehead atoms. The standard InChI is InChI=1S/C12H16ClN3O2S3/c1-3-6-21(17,18)10-11(14)15-20-12(10)16(2)7-8-4-5-9(13)19-8/h4-5H,3,6-7H2,1-2H3,(H2,14,15). The van der Waals surface area contributed by atoms with Gasteiger partial charge in [0.25, 0.3) is 0 Å². The molecule has 2 heterocycles. The zero-order valence-electron chi connectivity index (χ0n) is 11.7. The zero-order chi connectivity index (χ0) is 15.6. The summed E-state index contributed by atoms with van der Waals surface area (Å²) in [5, 5.41) is 0.575. The number of sulfone groups is 1. The second-order valence-corrected chi connectivity index (χ2v) is 9.18. The summed E-state index contributed by atoms with van der Waals surface area (Å²) in [4.78, 5) is 3.05. The molecule has 2 N–H and O–H groups in total. The van der Waals surface area contributed by atoms with Crippen LogP contribution >= 0.6 is 34.5 Å². The molecule has 0 unspecified atom stereocenters. The number of anilines is 2. The maximum absolute atomic E-state index is 12.3. The van der Waals surface area contributed by atoms with E-state index >= 15 is 0 Å². The SMILES string of the molecule is CCCS(=O)(=O)c1c(N)nsc1N(C)Cc1ccc(Cl)s1. The van der Waals surface area contributed by atoms with Crippen LogP contribution in [0.3, 0.4) is 0 Å². The minimum atomic E-state index is -3.40. The summed E-state index contributed by atoms with van der Waals surface area (Å²) < 4.78 is 29.4. The molecule has 0 aliphatic heterocycles. The predicted molar refractivity (Wildman–Crippen MR) is 90.3 cm³/mol. The zero-order valence-corrected chi connectivity index (χ0v) is 14.9. The van der Waals surface area contributed by atoms with Gasteiger partial charge in [0.15, 0.2) is 15.7 Å². The largest absolute Gasteiger partial charge is 0.382 e. The van der Waals surface area contributed by atoms with E-state index in [1.807, 2.05) is 31.0 Å². The molecule has 0 atom stereocenters. The molecule has 2 aromatic rings. The highest BCUT2D eigenvalue weighted by molar-refractivity contribution is 7.91. The van der Waals surface area contributed by atoms with Crippen molar-refractivity contribution in [3.05, 3.63) is 21.3 Å². The third-order valence-electron chi connectivity index (χ3n) is 2.81. The van der Waals surface area contributed by atoms with Crippen LogP contribution in [0.5, 0.6) is 0 Å². The molecule has 5 nitrogen and oxygen atoms in total. The van der Waals surface area contributed by atoms with Crippen LogP contribution in [0.1, 0.15) is 18.2 Å². The van der Waals surface area contributed by atoms with Gasteiger partial charge < -0.3 is 10.6 Å². The van der Waals surface area contributed by atoms with Gasteiger partial charge in [0.1, 0.15) is 9.90 Å². The molecule has 0 saturated heterocycles. The van der Waals surface area contributed by atoms with Gasteiger partial charge in [-0.1, -0.05) is 18.5 Å². The maximum atomic E-state index is 12.3. The highest BCUT2D eigenvalue weighted by Gasteiger charge is 2.26. The van der Waals surface area contributed by atoms with Gasteiger partial charge in [-0.3, -0.25) is 0 Å². The van der Waals surface area contributed by atoms with Crippen LogP contribution in [0.15, 0.2) is 17.0 Å². The van der Waals surface area contributed by atoms with Crippen LogP contribution in [-0.2, 0) is 16.4 Å². The van der Waals surface area contributed by atoms with E-state index in [1.165, 1.54) is 11.3 Å². The number of hydrogen-bond donors (Lipinski definition) is 1.